The summed E-state index contributed by atoms with van der Waals surface area (Å²) in [6, 6.07) is 5.70. The molecular formula is C22H28N4O6. The maximum absolute atomic E-state index is 13.0. The van der Waals surface area contributed by atoms with Crippen LogP contribution < -0.4 is 16.6 Å². The summed E-state index contributed by atoms with van der Waals surface area (Å²) < 4.78 is 0.812. The third kappa shape index (κ3) is 5.24. The Morgan fingerprint density at radius 2 is 1.81 bits per heavy atom. The van der Waals surface area contributed by atoms with E-state index in [0.29, 0.717) is 37.9 Å². The highest BCUT2D eigenvalue weighted by Gasteiger charge is 2.32. The van der Waals surface area contributed by atoms with Gasteiger partial charge in [0.05, 0.1) is 16.8 Å². The number of aromatic nitrogens is 2. The van der Waals surface area contributed by atoms with Gasteiger partial charge in [0.25, 0.3) is 5.56 Å². The SMILES string of the molecule is CC(C)C[C@H](NC(=O)Cn1c(=O)[nH]c2ccccc2c1=O)C(=O)N1CCC(C(=O)O)CC1. The van der Waals surface area contributed by atoms with Gasteiger partial charge in [-0.25, -0.2) is 4.79 Å². The molecule has 1 aromatic carbocycles. The smallest absolute Gasteiger partial charge is 0.329 e. The van der Waals surface area contributed by atoms with E-state index in [1.54, 1.807) is 29.2 Å². The lowest BCUT2D eigenvalue weighted by Crippen LogP contribution is -2.53. The zero-order valence-electron chi connectivity index (χ0n) is 18.2. The molecule has 32 heavy (non-hydrogen) atoms. The molecule has 172 valence electrons. The molecule has 2 amide bonds. The molecule has 1 fully saturated rings. The van der Waals surface area contributed by atoms with Gasteiger partial charge in [-0.3, -0.25) is 23.7 Å². The van der Waals surface area contributed by atoms with Crippen LogP contribution in [0.1, 0.15) is 33.1 Å². The minimum Gasteiger partial charge on any atom is -0.481 e. The molecule has 0 bridgehead atoms. The van der Waals surface area contributed by atoms with E-state index in [-0.39, 0.29) is 17.2 Å². The van der Waals surface area contributed by atoms with Crippen LogP contribution in [0.25, 0.3) is 10.9 Å². The molecule has 0 radical (unpaired) electrons. The lowest BCUT2D eigenvalue weighted by Gasteiger charge is -2.33. The van der Waals surface area contributed by atoms with E-state index in [9.17, 15) is 24.0 Å². The number of piperidine rings is 1. The van der Waals surface area contributed by atoms with Gasteiger partial charge in [0.15, 0.2) is 0 Å². The summed E-state index contributed by atoms with van der Waals surface area (Å²) in [5.74, 6) is -2.13. The van der Waals surface area contributed by atoms with Gasteiger partial charge in [-0.1, -0.05) is 26.0 Å². The number of aromatic amines is 1. The standard InChI is InChI=1S/C22H28N4O6/c1-13(2)11-17(20(29)25-9-7-14(8-10-25)21(30)31)23-18(27)12-26-19(28)15-5-3-4-6-16(15)24-22(26)32/h3-6,13-14,17H,7-12H2,1-2H3,(H,23,27)(H,24,32)(H,30,31)/t17-/m0/s1. The van der Waals surface area contributed by atoms with E-state index < -0.39 is 41.6 Å². The third-order valence-electron chi connectivity index (χ3n) is 5.69. The normalized spacial score (nSPS) is 15.7. The Morgan fingerprint density at radius 1 is 1.16 bits per heavy atom. The van der Waals surface area contributed by atoms with Crippen molar-refractivity contribution in [3.8, 4) is 0 Å². The number of para-hydroxylation sites is 1. The lowest BCUT2D eigenvalue weighted by atomic mass is 9.95. The summed E-state index contributed by atoms with van der Waals surface area (Å²) in [6.07, 6.45) is 1.11. The zero-order valence-corrected chi connectivity index (χ0v) is 18.2. The quantitative estimate of drug-likeness (QED) is 0.569. The van der Waals surface area contributed by atoms with Crippen LogP contribution in [0.3, 0.4) is 0 Å². The van der Waals surface area contributed by atoms with E-state index in [1.165, 1.54) is 0 Å². The van der Waals surface area contributed by atoms with Crippen LogP contribution in [0.5, 0.6) is 0 Å². The molecule has 1 aromatic heterocycles. The number of carbonyl (C=O) groups is 3. The molecule has 0 aliphatic carbocycles. The van der Waals surface area contributed by atoms with E-state index in [2.05, 4.69) is 10.3 Å². The van der Waals surface area contributed by atoms with E-state index in [4.69, 9.17) is 5.11 Å². The molecule has 10 heteroatoms. The lowest BCUT2D eigenvalue weighted by molar-refractivity contribution is -0.146. The maximum atomic E-state index is 13.0. The second-order valence-electron chi connectivity index (χ2n) is 8.55. The average Bonchev–Trinajstić information content (AvgIpc) is 2.75. The van der Waals surface area contributed by atoms with Gasteiger partial charge in [0.1, 0.15) is 12.6 Å². The number of carbonyl (C=O) groups excluding carboxylic acids is 2. The molecule has 3 rings (SSSR count). The van der Waals surface area contributed by atoms with Gasteiger partial charge in [-0.05, 0) is 37.3 Å². The summed E-state index contributed by atoms with van der Waals surface area (Å²) >= 11 is 0. The molecule has 2 aromatic rings. The Labute approximate surface area is 184 Å². The summed E-state index contributed by atoms with van der Waals surface area (Å²) in [6.45, 7) is 3.94. The minimum absolute atomic E-state index is 0.104. The number of hydrogen-bond acceptors (Lipinski definition) is 5. The van der Waals surface area contributed by atoms with Crippen LogP contribution in [-0.4, -0.2) is 56.5 Å². The second kappa shape index (κ2) is 9.80. The molecule has 0 spiro atoms. The molecule has 10 nitrogen and oxygen atoms in total. The number of aliphatic carboxylic acids is 1. The molecule has 1 aliphatic heterocycles. The van der Waals surface area contributed by atoms with E-state index >= 15 is 0 Å². The fraction of sp³-hybridized carbons (Fsp3) is 0.500. The molecular weight excluding hydrogens is 416 g/mol. The van der Waals surface area contributed by atoms with Crippen molar-refractivity contribution < 1.29 is 19.5 Å². The van der Waals surface area contributed by atoms with Crippen LogP contribution in [-0.2, 0) is 20.9 Å². The van der Waals surface area contributed by atoms with Crippen molar-refractivity contribution in [1.29, 1.82) is 0 Å². The Kier molecular flexibility index (Phi) is 7.12. The Morgan fingerprint density at radius 3 is 2.44 bits per heavy atom. The Hall–Kier alpha value is -3.43. The number of rotatable bonds is 7. The van der Waals surface area contributed by atoms with Crippen molar-refractivity contribution in [1.82, 2.24) is 19.8 Å². The number of nitrogens with zero attached hydrogens (tertiary/aromatic N) is 2. The summed E-state index contributed by atoms with van der Waals surface area (Å²) in [7, 11) is 0. The largest absolute Gasteiger partial charge is 0.481 e. The van der Waals surface area contributed by atoms with Crippen LogP contribution in [0.2, 0.25) is 0 Å². The Bertz CT molecular complexity index is 1130. The van der Waals surface area contributed by atoms with Gasteiger partial charge in [-0.2, -0.15) is 0 Å². The minimum atomic E-state index is -0.866. The first-order valence-corrected chi connectivity index (χ1v) is 10.7. The number of H-pyrrole nitrogens is 1. The number of fused-ring (bicyclic) bond motifs is 1. The molecule has 1 aliphatic rings. The summed E-state index contributed by atoms with van der Waals surface area (Å²) in [4.78, 5) is 66.0. The van der Waals surface area contributed by atoms with Gasteiger partial charge in [-0.15, -0.1) is 0 Å². The number of benzene rings is 1. The number of carboxylic acid groups (broad SMARTS) is 1. The van der Waals surface area contributed by atoms with E-state index in [0.717, 1.165) is 4.57 Å². The summed E-state index contributed by atoms with van der Waals surface area (Å²) in [5, 5.41) is 12.1. The molecule has 1 atom stereocenters. The number of likely N-dealkylation sites (tertiary alicyclic amines) is 1. The third-order valence-corrected chi connectivity index (χ3v) is 5.69. The number of amides is 2. The highest BCUT2D eigenvalue weighted by molar-refractivity contribution is 5.88. The van der Waals surface area contributed by atoms with Gasteiger partial charge in [0.2, 0.25) is 11.8 Å². The number of nitrogens with one attached hydrogen (secondary N) is 2. The first-order chi connectivity index (χ1) is 15.2. The highest BCUT2D eigenvalue weighted by Crippen LogP contribution is 2.19. The first-order valence-electron chi connectivity index (χ1n) is 10.7. The maximum Gasteiger partial charge on any atom is 0.329 e. The monoisotopic (exact) mass is 444 g/mol. The predicted molar refractivity (Wildman–Crippen MR) is 117 cm³/mol. The van der Waals surface area contributed by atoms with Crippen LogP contribution in [0.4, 0.5) is 0 Å². The molecule has 0 unspecified atom stereocenters. The number of carboxylic acids is 1. The fourth-order valence-corrected chi connectivity index (χ4v) is 3.99. The number of hydrogen-bond donors (Lipinski definition) is 3. The van der Waals surface area contributed by atoms with Crippen molar-refractivity contribution in [3.63, 3.8) is 0 Å². The zero-order chi connectivity index (χ0) is 23.4. The van der Waals surface area contributed by atoms with Crippen molar-refractivity contribution in [2.45, 2.75) is 45.7 Å². The highest BCUT2D eigenvalue weighted by atomic mass is 16.4. The van der Waals surface area contributed by atoms with E-state index in [1.807, 2.05) is 13.8 Å². The van der Waals surface area contributed by atoms with Crippen molar-refractivity contribution >= 4 is 28.7 Å². The van der Waals surface area contributed by atoms with Crippen LogP contribution in [0, 0.1) is 11.8 Å². The molecule has 1 saturated heterocycles. The van der Waals surface area contributed by atoms with Crippen molar-refractivity contribution in [3.05, 3.63) is 45.1 Å². The average molecular weight is 444 g/mol. The van der Waals surface area contributed by atoms with Gasteiger partial charge in [0, 0.05) is 13.1 Å². The van der Waals surface area contributed by atoms with Gasteiger partial charge >= 0.3 is 11.7 Å². The van der Waals surface area contributed by atoms with Crippen molar-refractivity contribution in [2.24, 2.45) is 11.8 Å². The topological polar surface area (TPSA) is 142 Å². The molecule has 0 saturated carbocycles. The second-order valence-corrected chi connectivity index (χ2v) is 8.55. The van der Waals surface area contributed by atoms with Gasteiger partial charge < -0.3 is 20.3 Å². The predicted octanol–water partition coefficient (Wildman–Crippen LogP) is 0.544. The fourth-order valence-electron chi connectivity index (χ4n) is 3.99. The first kappa shape index (κ1) is 23.2. The van der Waals surface area contributed by atoms with Crippen LogP contribution in [0.15, 0.2) is 33.9 Å². The Balaban J connectivity index is 1.74. The van der Waals surface area contributed by atoms with Crippen LogP contribution >= 0.6 is 0 Å². The van der Waals surface area contributed by atoms with Crippen molar-refractivity contribution in [2.75, 3.05) is 13.1 Å². The molecule has 3 N–H and O–H groups in total. The summed E-state index contributed by atoms with van der Waals surface area (Å²) in [5.41, 5.74) is -0.898. The molecule has 2 heterocycles.